The first-order valence-electron chi connectivity index (χ1n) is 11.9. The highest BCUT2D eigenvalue weighted by Gasteiger charge is 2.30. The van der Waals surface area contributed by atoms with E-state index in [1.165, 1.54) is 0 Å². The zero-order valence-electron chi connectivity index (χ0n) is 20.1. The molecule has 0 radical (unpaired) electrons. The molecular formula is C29H34N2O3. The molecule has 0 spiro atoms. The normalized spacial score (nSPS) is 11.5. The third-order valence-electron chi connectivity index (χ3n) is 5.78. The van der Waals surface area contributed by atoms with Crippen LogP contribution in [0.1, 0.15) is 36.5 Å². The van der Waals surface area contributed by atoms with E-state index >= 15 is 0 Å². The molecule has 0 fully saturated rings. The molecule has 0 bridgehead atoms. The fourth-order valence-corrected chi connectivity index (χ4v) is 3.93. The van der Waals surface area contributed by atoms with E-state index in [1.54, 1.807) is 12.0 Å². The van der Waals surface area contributed by atoms with Crippen molar-refractivity contribution >= 4 is 11.8 Å². The second kappa shape index (κ2) is 13.2. The molecule has 3 aromatic rings. The van der Waals surface area contributed by atoms with E-state index in [0.717, 1.165) is 28.9 Å². The van der Waals surface area contributed by atoms with Crippen molar-refractivity contribution in [1.82, 2.24) is 10.2 Å². The van der Waals surface area contributed by atoms with Crippen molar-refractivity contribution in [3.05, 3.63) is 102 Å². The molecular weight excluding hydrogens is 424 g/mol. The average Bonchev–Trinajstić information content (AvgIpc) is 2.89. The van der Waals surface area contributed by atoms with Gasteiger partial charge >= 0.3 is 0 Å². The molecule has 2 amide bonds. The molecule has 1 atom stereocenters. The highest BCUT2D eigenvalue weighted by Crippen LogP contribution is 2.19. The number of rotatable bonds is 12. The number of ether oxygens (including phenoxy) is 1. The van der Waals surface area contributed by atoms with Crippen LogP contribution in [0.4, 0.5) is 0 Å². The van der Waals surface area contributed by atoms with E-state index < -0.39 is 6.04 Å². The minimum atomic E-state index is -0.608. The summed E-state index contributed by atoms with van der Waals surface area (Å²) in [4.78, 5) is 28.6. The third-order valence-corrected chi connectivity index (χ3v) is 5.78. The summed E-state index contributed by atoms with van der Waals surface area (Å²) in [6, 6.07) is 26.9. The van der Waals surface area contributed by atoms with Gasteiger partial charge in [0.15, 0.2) is 0 Å². The Morgan fingerprint density at radius 3 is 2.18 bits per heavy atom. The predicted octanol–water partition coefficient (Wildman–Crippen LogP) is 4.79. The van der Waals surface area contributed by atoms with Crippen molar-refractivity contribution in [2.24, 2.45) is 0 Å². The van der Waals surface area contributed by atoms with Gasteiger partial charge in [0, 0.05) is 25.9 Å². The first-order chi connectivity index (χ1) is 16.6. The van der Waals surface area contributed by atoms with Crippen LogP contribution in [-0.4, -0.2) is 36.4 Å². The minimum Gasteiger partial charge on any atom is -0.497 e. The van der Waals surface area contributed by atoms with E-state index in [1.807, 2.05) is 91.9 Å². The molecule has 5 nitrogen and oxygen atoms in total. The number of carbonyl (C=O) groups is 2. The standard InChI is InChI=1S/C29H34N2O3/c1-3-19-30-29(33)27(21-24-13-8-5-9-14-24)31(22-25-15-10-16-26(20-25)34-2)28(32)18-17-23-11-6-4-7-12-23/h4-16,20,27H,3,17-19,21-22H2,1-2H3,(H,30,33)/t27-/m1/s1. The topological polar surface area (TPSA) is 58.6 Å². The summed E-state index contributed by atoms with van der Waals surface area (Å²) in [5.41, 5.74) is 3.05. The molecule has 178 valence electrons. The molecule has 0 aliphatic heterocycles. The Bertz CT molecular complexity index is 1040. The number of hydrogen-bond donors (Lipinski definition) is 1. The monoisotopic (exact) mass is 458 g/mol. The molecule has 0 unspecified atom stereocenters. The number of nitrogens with one attached hydrogen (secondary N) is 1. The Balaban J connectivity index is 1.90. The van der Waals surface area contributed by atoms with Crippen LogP contribution in [0.25, 0.3) is 0 Å². The maximum absolute atomic E-state index is 13.6. The molecule has 0 aliphatic rings. The van der Waals surface area contributed by atoms with Gasteiger partial charge in [0.2, 0.25) is 11.8 Å². The van der Waals surface area contributed by atoms with Crippen molar-refractivity contribution < 1.29 is 14.3 Å². The molecule has 0 aliphatic carbocycles. The summed E-state index contributed by atoms with van der Waals surface area (Å²) < 4.78 is 5.38. The Kier molecular flexibility index (Phi) is 9.71. The van der Waals surface area contributed by atoms with Crippen molar-refractivity contribution in [2.45, 2.75) is 45.2 Å². The van der Waals surface area contributed by atoms with Crippen LogP contribution in [0.15, 0.2) is 84.9 Å². The molecule has 3 rings (SSSR count). The van der Waals surface area contributed by atoms with Gasteiger partial charge in [-0.3, -0.25) is 9.59 Å². The first-order valence-corrected chi connectivity index (χ1v) is 11.9. The van der Waals surface area contributed by atoms with Gasteiger partial charge in [-0.1, -0.05) is 79.7 Å². The minimum absolute atomic E-state index is 0.0424. The fraction of sp³-hybridized carbons (Fsp3) is 0.310. The van der Waals surface area contributed by atoms with Crippen molar-refractivity contribution in [2.75, 3.05) is 13.7 Å². The molecule has 0 heterocycles. The highest BCUT2D eigenvalue weighted by atomic mass is 16.5. The lowest BCUT2D eigenvalue weighted by Crippen LogP contribution is -2.50. The number of nitrogens with zero attached hydrogens (tertiary/aromatic N) is 1. The van der Waals surface area contributed by atoms with Gasteiger partial charge in [0.1, 0.15) is 11.8 Å². The molecule has 34 heavy (non-hydrogen) atoms. The van der Waals surface area contributed by atoms with Gasteiger partial charge < -0.3 is 15.0 Å². The second-order valence-corrected chi connectivity index (χ2v) is 8.36. The summed E-state index contributed by atoms with van der Waals surface area (Å²) >= 11 is 0. The molecule has 0 saturated heterocycles. The number of methoxy groups -OCH3 is 1. The number of aryl methyl sites for hydroxylation is 1. The van der Waals surface area contributed by atoms with Crippen LogP contribution in [0.5, 0.6) is 5.75 Å². The van der Waals surface area contributed by atoms with Crippen LogP contribution >= 0.6 is 0 Å². The molecule has 0 saturated carbocycles. The third kappa shape index (κ3) is 7.48. The smallest absolute Gasteiger partial charge is 0.243 e. The predicted molar refractivity (Wildman–Crippen MR) is 136 cm³/mol. The molecule has 1 N–H and O–H groups in total. The second-order valence-electron chi connectivity index (χ2n) is 8.36. The summed E-state index contributed by atoms with van der Waals surface area (Å²) in [6.07, 6.45) is 2.25. The number of amides is 2. The largest absolute Gasteiger partial charge is 0.497 e. The fourth-order valence-electron chi connectivity index (χ4n) is 3.93. The number of hydrogen-bond acceptors (Lipinski definition) is 3. The average molecular weight is 459 g/mol. The van der Waals surface area contributed by atoms with Crippen LogP contribution in [0.2, 0.25) is 0 Å². The Morgan fingerprint density at radius 2 is 1.53 bits per heavy atom. The zero-order valence-corrected chi connectivity index (χ0v) is 20.1. The van der Waals surface area contributed by atoms with Crippen LogP contribution < -0.4 is 10.1 Å². The summed E-state index contributed by atoms with van der Waals surface area (Å²) in [6.45, 7) is 2.93. The highest BCUT2D eigenvalue weighted by molar-refractivity contribution is 5.88. The maximum Gasteiger partial charge on any atom is 0.243 e. The van der Waals surface area contributed by atoms with Crippen LogP contribution in [0.3, 0.4) is 0 Å². The van der Waals surface area contributed by atoms with Gasteiger partial charge in [-0.25, -0.2) is 0 Å². The number of benzene rings is 3. The van der Waals surface area contributed by atoms with E-state index in [4.69, 9.17) is 4.74 Å². The van der Waals surface area contributed by atoms with Crippen molar-refractivity contribution in [3.8, 4) is 5.75 Å². The van der Waals surface area contributed by atoms with Gasteiger partial charge in [-0.2, -0.15) is 0 Å². The van der Waals surface area contributed by atoms with Crippen molar-refractivity contribution in [1.29, 1.82) is 0 Å². The van der Waals surface area contributed by atoms with Gasteiger partial charge in [0.25, 0.3) is 0 Å². The Hall–Kier alpha value is -3.60. The first kappa shape index (κ1) is 25.0. The van der Waals surface area contributed by atoms with E-state index in [0.29, 0.717) is 32.4 Å². The molecule has 5 heteroatoms. The van der Waals surface area contributed by atoms with Crippen LogP contribution in [-0.2, 0) is 29.0 Å². The molecule has 0 aromatic heterocycles. The van der Waals surface area contributed by atoms with E-state index in [2.05, 4.69) is 5.32 Å². The van der Waals surface area contributed by atoms with E-state index in [9.17, 15) is 9.59 Å². The van der Waals surface area contributed by atoms with Gasteiger partial charge in [0.05, 0.1) is 7.11 Å². The van der Waals surface area contributed by atoms with Crippen molar-refractivity contribution in [3.63, 3.8) is 0 Å². The van der Waals surface area contributed by atoms with Gasteiger partial charge in [-0.05, 0) is 41.7 Å². The lowest BCUT2D eigenvalue weighted by atomic mass is 10.0. The summed E-state index contributed by atoms with van der Waals surface area (Å²) in [5.74, 6) is 0.560. The summed E-state index contributed by atoms with van der Waals surface area (Å²) in [5, 5.41) is 3.01. The SMILES string of the molecule is CCCNC(=O)[C@@H](Cc1ccccc1)N(Cc1cccc(OC)c1)C(=O)CCc1ccccc1. The number of carbonyl (C=O) groups excluding carboxylic acids is 2. The lowest BCUT2D eigenvalue weighted by molar-refractivity contribution is -0.141. The van der Waals surface area contributed by atoms with Crippen LogP contribution in [0, 0.1) is 0 Å². The quantitative estimate of drug-likeness (QED) is 0.424. The lowest BCUT2D eigenvalue weighted by Gasteiger charge is -2.32. The Morgan fingerprint density at radius 1 is 0.882 bits per heavy atom. The maximum atomic E-state index is 13.6. The Labute approximate surface area is 202 Å². The van der Waals surface area contributed by atoms with E-state index in [-0.39, 0.29) is 11.8 Å². The molecule has 3 aromatic carbocycles. The zero-order chi connectivity index (χ0) is 24.2. The summed E-state index contributed by atoms with van der Waals surface area (Å²) in [7, 11) is 1.62. The van der Waals surface area contributed by atoms with Gasteiger partial charge in [-0.15, -0.1) is 0 Å².